The standard InChI is InChI=1S/C29H33N3O2S/c30-21-27-28(31-35(33,34)25-10-5-2-6-11-25)12-7-13-29(27)32-18-16-23-20-24(17-19-32)26(23)15-14-22-8-3-1-4-9-22/h1-13,21,23-24,26,30-31H,14-20H2/p+1. The zero-order valence-electron chi connectivity index (χ0n) is 20.0. The van der Waals surface area contributed by atoms with E-state index in [1.807, 2.05) is 12.1 Å². The maximum Gasteiger partial charge on any atom is 0.328 e. The van der Waals surface area contributed by atoms with E-state index < -0.39 is 10.0 Å². The van der Waals surface area contributed by atoms with Gasteiger partial charge < -0.3 is 10.3 Å². The Bertz CT molecular complexity index is 1250. The van der Waals surface area contributed by atoms with Crippen molar-refractivity contribution >= 4 is 27.6 Å². The topological polar surface area (TPSA) is 77.8 Å². The van der Waals surface area contributed by atoms with E-state index in [9.17, 15) is 8.42 Å². The van der Waals surface area contributed by atoms with Crippen LogP contribution >= 0.6 is 0 Å². The minimum Gasteiger partial charge on any atom is -0.371 e. The minimum absolute atomic E-state index is 0.272. The lowest BCUT2D eigenvalue weighted by molar-refractivity contribution is -0.397. The monoisotopic (exact) mass is 488 g/mol. The predicted molar refractivity (Wildman–Crippen MR) is 141 cm³/mol. The number of benzene rings is 3. The molecule has 6 heteroatoms. The average Bonchev–Trinajstić information content (AvgIpc) is 2.84. The van der Waals surface area contributed by atoms with Gasteiger partial charge in [-0.3, -0.25) is 0 Å². The van der Waals surface area contributed by atoms with Gasteiger partial charge in [0.05, 0.1) is 11.3 Å². The Morgan fingerprint density at radius 2 is 1.54 bits per heavy atom. The highest BCUT2D eigenvalue weighted by atomic mass is 32.2. The van der Waals surface area contributed by atoms with Gasteiger partial charge in [0.15, 0.2) is 5.69 Å². The smallest absolute Gasteiger partial charge is 0.328 e. The summed E-state index contributed by atoms with van der Waals surface area (Å²) in [5, 5.41) is 8.10. The van der Waals surface area contributed by atoms with Crippen molar-refractivity contribution in [3.8, 4) is 0 Å². The fraction of sp³-hybridized carbons (Fsp3) is 0.345. The summed E-state index contributed by atoms with van der Waals surface area (Å²) < 4.78 is 27.2. The fourth-order valence-corrected chi connectivity index (χ4v) is 7.20. The molecule has 2 bridgehead atoms. The number of hydrogen-bond donors (Lipinski definition) is 2. The molecule has 1 aliphatic carbocycles. The highest BCUT2D eigenvalue weighted by Gasteiger charge is 2.41. The first-order valence-corrected chi connectivity index (χ1v) is 14.2. The lowest BCUT2D eigenvalue weighted by Crippen LogP contribution is -2.81. The summed E-state index contributed by atoms with van der Waals surface area (Å²) in [5.41, 5.74) is 3.67. The van der Waals surface area contributed by atoms with Gasteiger partial charge in [0, 0.05) is 25.4 Å². The maximum absolute atomic E-state index is 13.0. The first-order valence-electron chi connectivity index (χ1n) is 12.6. The molecule has 2 aliphatic heterocycles. The van der Waals surface area contributed by atoms with Crippen LogP contribution in [0.25, 0.3) is 0 Å². The van der Waals surface area contributed by atoms with E-state index in [-0.39, 0.29) is 4.90 Å². The summed E-state index contributed by atoms with van der Waals surface area (Å²) in [5.74, 6) is 2.35. The molecule has 6 rings (SSSR count). The Labute approximate surface area is 208 Å². The van der Waals surface area contributed by atoms with Crippen LogP contribution in [-0.4, -0.2) is 27.7 Å². The Morgan fingerprint density at radius 3 is 2.20 bits per heavy atom. The van der Waals surface area contributed by atoms with E-state index in [1.165, 1.54) is 29.3 Å². The number of aryl methyl sites for hydroxylation is 1. The van der Waals surface area contributed by atoms with E-state index in [2.05, 4.69) is 35.2 Å². The molecule has 0 amide bonds. The van der Waals surface area contributed by atoms with Crippen molar-refractivity contribution in [1.82, 2.24) is 0 Å². The largest absolute Gasteiger partial charge is 0.371 e. The van der Waals surface area contributed by atoms with E-state index in [1.54, 1.807) is 36.4 Å². The molecular weight excluding hydrogens is 454 g/mol. The van der Waals surface area contributed by atoms with Crippen LogP contribution in [0.5, 0.6) is 0 Å². The number of sulfonamides is 1. The normalized spacial score (nSPS) is 22.1. The quantitative estimate of drug-likeness (QED) is 0.355. The molecule has 2 unspecified atom stereocenters. The number of nitrogens with zero attached hydrogens (tertiary/aromatic N) is 1. The molecule has 1 saturated carbocycles. The molecule has 0 spiro atoms. The van der Waals surface area contributed by atoms with Crippen LogP contribution in [0.4, 0.5) is 11.4 Å². The van der Waals surface area contributed by atoms with Crippen molar-refractivity contribution in [2.75, 3.05) is 18.0 Å². The summed E-state index contributed by atoms with van der Waals surface area (Å²) >= 11 is 0. The zero-order chi connectivity index (χ0) is 24.3. The third kappa shape index (κ3) is 5.19. The summed E-state index contributed by atoms with van der Waals surface area (Å²) in [6.07, 6.45) is 7.39. The lowest BCUT2D eigenvalue weighted by atomic mass is 9.59. The Morgan fingerprint density at radius 1 is 0.886 bits per heavy atom. The molecule has 0 aromatic heterocycles. The summed E-state index contributed by atoms with van der Waals surface area (Å²) in [4.78, 5) is 2.65. The molecule has 2 saturated heterocycles. The van der Waals surface area contributed by atoms with Crippen LogP contribution in [0.15, 0.2) is 83.8 Å². The molecule has 3 aromatic rings. The van der Waals surface area contributed by atoms with Crippen LogP contribution in [0.1, 0.15) is 36.8 Å². The number of fused-ring (bicyclic) bond motifs is 4. The first kappa shape index (κ1) is 23.8. The maximum atomic E-state index is 13.0. The second-order valence-corrected chi connectivity index (χ2v) is 11.7. The number of anilines is 1. The summed E-state index contributed by atoms with van der Waals surface area (Å²) in [7, 11) is -3.59. The number of rotatable bonds is 8. The van der Waals surface area contributed by atoms with Crippen molar-refractivity contribution < 1.29 is 13.1 Å². The van der Waals surface area contributed by atoms with Gasteiger partial charge in [0.25, 0.3) is 0 Å². The van der Waals surface area contributed by atoms with Gasteiger partial charge in [-0.2, -0.15) is 8.42 Å². The van der Waals surface area contributed by atoms with E-state index in [0.29, 0.717) is 11.3 Å². The van der Waals surface area contributed by atoms with Gasteiger partial charge >= 0.3 is 10.0 Å². The minimum atomic E-state index is -3.59. The van der Waals surface area contributed by atoms with Crippen molar-refractivity contribution in [1.29, 1.82) is 5.41 Å². The average molecular weight is 489 g/mol. The second kappa shape index (κ2) is 10.3. The Kier molecular flexibility index (Phi) is 7.02. The van der Waals surface area contributed by atoms with Gasteiger partial charge in [-0.1, -0.05) is 54.6 Å². The lowest BCUT2D eigenvalue weighted by Gasteiger charge is -2.49. The second-order valence-electron chi connectivity index (χ2n) is 9.91. The number of hydrogen-bond acceptors (Lipinski definition) is 4. The highest BCUT2D eigenvalue weighted by molar-refractivity contribution is 7.85. The van der Waals surface area contributed by atoms with Gasteiger partial charge in [-0.15, -0.1) is 0 Å². The Hall–Kier alpha value is -2.96. The number of primary sulfonamides is 1. The molecule has 35 heavy (non-hydrogen) atoms. The number of quaternary nitrogens is 1. The number of nitrogens with two attached hydrogens (primary N) is 1. The fourth-order valence-electron chi connectivity index (χ4n) is 5.99. The van der Waals surface area contributed by atoms with Crippen LogP contribution in [0, 0.1) is 23.2 Å². The molecule has 3 N–H and O–H groups in total. The van der Waals surface area contributed by atoms with Crippen LogP contribution < -0.4 is 9.62 Å². The van der Waals surface area contributed by atoms with Gasteiger partial charge in [-0.05, 0) is 73.6 Å². The van der Waals surface area contributed by atoms with Crippen LogP contribution in [0.2, 0.25) is 0 Å². The third-order valence-corrected chi connectivity index (χ3v) is 9.41. The predicted octanol–water partition coefficient (Wildman–Crippen LogP) is 4.75. The van der Waals surface area contributed by atoms with Crippen LogP contribution in [-0.2, 0) is 16.4 Å². The highest BCUT2D eigenvalue weighted by Crippen LogP contribution is 2.48. The number of nitrogens with one attached hydrogen (secondary N) is 1. The van der Waals surface area contributed by atoms with Crippen molar-refractivity contribution in [3.63, 3.8) is 0 Å². The van der Waals surface area contributed by atoms with Crippen LogP contribution in [0.3, 0.4) is 0 Å². The van der Waals surface area contributed by atoms with Crippen molar-refractivity contribution in [2.45, 2.75) is 37.0 Å². The van der Waals surface area contributed by atoms with Gasteiger partial charge in [0.2, 0.25) is 0 Å². The van der Waals surface area contributed by atoms with Gasteiger partial charge in [-0.25, -0.2) is 4.72 Å². The van der Waals surface area contributed by atoms with Gasteiger partial charge in [0.1, 0.15) is 4.90 Å². The Balaban J connectivity index is 1.28. The molecule has 5 nitrogen and oxygen atoms in total. The SMILES string of the molecule is N=Cc1c([NH2+]S(=O)(=O)c2ccccc2)cccc1N1CCC2CC(CC1)C2CCc1ccccc1. The van der Waals surface area contributed by atoms with Crippen molar-refractivity contribution in [2.24, 2.45) is 17.8 Å². The van der Waals surface area contributed by atoms with E-state index in [0.717, 1.165) is 55.8 Å². The molecule has 3 fully saturated rings. The summed E-state index contributed by atoms with van der Waals surface area (Å²) in [6.45, 7) is 1.91. The molecular formula is C29H34N3O2S+. The molecule has 3 aliphatic rings. The zero-order valence-corrected chi connectivity index (χ0v) is 20.8. The molecule has 2 heterocycles. The molecule has 2 atom stereocenters. The van der Waals surface area contributed by atoms with E-state index >= 15 is 0 Å². The molecule has 182 valence electrons. The van der Waals surface area contributed by atoms with E-state index in [4.69, 9.17) is 5.41 Å². The van der Waals surface area contributed by atoms with Crippen molar-refractivity contribution in [3.05, 3.63) is 90.0 Å². The third-order valence-electron chi connectivity index (χ3n) is 7.92. The first-order chi connectivity index (χ1) is 17.0. The molecule has 0 radical (unpaired) electrons. The molecule has 3 aromatic carbocycles. The summed E-state index contributed by atoms with van der Waals surface area (Å²) in [6, 6.07) is 25.0.